The number of hydrogen-bond donors (Lipinski definition) is 5. The SMILES string of the molecule is CCCCCCCCCCC(C)=NNc1ccc([NH+]([O-])O)cc1[NH+]([O-])O. The lowest BCUT2D eigenvalue weighted by molar-refractivity contribution is -0.996. The van der Waals surface area contributed by atoms with Crippen LogP contribution in [0.2, 0.25) is 0 Å². The second kappa shape index (κ2) is 12.7. The molecule has 0 spiro atoms. The molecule has 2 unspecified atom stereocenters. The third-order valence-electron chi connectivity index (χ3n) is 4.26. The Kier molecular flexibility index (Phi) is 11.0. The van der Waals surface area contributed by atoms with E-state index in [0.29, 0.717) is 0 Å². The van der Waals surface area contributed by atoms with Gasteiger partial charge in [0, 0.05) is 11.8 Å². The van der Waals surface area contributed by atoms with Gasteiger partial charge >= 0.3 is 0 Å². The summed E-state index contributed by atoms with van der Waals surface area (Å²) in [7, 11) is 0. The molecule has 8 heteroatoms. The van der Waals surface area contributed by atoms with Crippen LogP contribution in [-0.2, 0) is 0 Å². The van der Waals surface area contributed by atoms with Crippen LogP contribution in [-0.4, -0.2) is 16.1 Å². The topological polar surface area (TPSA) is 120 Å². The van der Waals surface area contributed by atoms with E-state index in [-0.39, 0.29) is 17.1 Å². The second-order valence-corrected chi connectivity index (χ2v) is 6.55. The van der Waals surface area contributed by atoms with E-state index in [1.807, 2.05) is 6.92 Å². The van der Waals surface area contributed by atoms with Crippen molar-refractivity contribution in [2.24, 2.45) is 5.10 Å². The summed E-state index contributed by atoms with van der Waals surface area (Å²) in [5.41, 5.74) is 3.77. The molecule has 0 radical (unpaired) electrons. The van der Waals surface area contributed by atoms with Crippen LogP contribution in [0.3, 0.4) is 0 Å². The monoisotopic (exact) mass is 368 g/mol. The van der Waals surface area contributed by atoms with Crippen LogP contribution in [0, 0.1) is 10.4 Å². The smallest absolute Gasteiger partial charge is 0.195 e. The van der Waals surface area contributed by atoms with E-state index >= 15 is 0 Å². The van der Waals surface area contributed by atoms with Crippen molar-refractivity contribution in [2.75, 3.05) is 5.43 Å². The summed E-state index contributed by atoms with van der Waals surface area (Å²) < 4.78 is 0. The van der Waals surface area contributed by atoms with Crippen molar-refractivity contribution in [3.8, 4) is 0 Å². The Balaban J connectivity index is 2.41. The highest BCUT2D eigenvalue weighted by Crippen LogP contribution is 2.21. The average Bonchev–Trinajstić information content (AvgIpc) is 2.61. The van der Waals surface area contributed by atoms with Crippen molar-refractivity contribution in [1.29, 1.82) is 0 Å². The molecule has 148 valence electrons. The van der Waals surface area contributed by atoms with Crippen LogP contribution in [0.25, 0.3) is 0 Å². The fourth-order valence-electron chi connectivity index (χ4n) is 2.68. The zero-order chi connectivity index (χ0) is 19.4. The molecule has 0 aromatic heterocycles. The molecule has 1 rings (SSSR count). The van der Waals surface area contributed by atoms with Crippen LogP contribution >= 0.6 is 0 Å². The lowest BCUT2D eigenvalue weighted by Crippen LogP contribution is -3.00. The zero-order valence-corrected chi connectivity index (χ0v) is 15.8. The average molecular weight is 368 g/mol. The first-order valence-corrected chi connectivity index (χ1v) is 9.35. The van der Waals surface area contributed by atoms with Gasteiger partial charge < -0.3 is 10.4 Å². The molecule has 0 saturated heterocycles. The standard InChI is InChI=1S/C18H32N4O4/c1-3-4-5-6-7-8-9-10-11-15(2)19-20-17-13-12-16(21(23)24)14-18(17)22(25)26/h12-14,20-23,25H,3-11H2,1-2H3. The van der Waals surface area contributed by atoms with Crippen molar-refractivity contribution in [3.63, 3.8) is 0 Å². The number of hydrogen-bond acceptors (Lipinski definition) is 6. The van der Waals surface area contributed by atoms with Crippen LogP contribution in [0.1, 0.15) is 71.6 Å². The fraction of sp³-hybridized carbons (Fsp3) is 0.611. The maximum absolute atomic E-state index is 11.3. The predicted molar refractivity (Wildman–Crippen MR) is 102 cm³/mol. The molecule has 26 heavy (non-hydrogen) atoms. The fourth-order valence-corrected chi connectivity index (χ4v) is 2.68. The molecule has 0 aliphatic carbocycles. The van der Waals surface area contributed by atoms with E-state index in [1.165, 1.54) is 57.1 Å². The largest absolute Gasteiger partial charge is 0.595 e. The highest BCUT2D eigenvalue weighted by Gasteiger charge is 2.13. The van der Waals surface area contributed by atoms with Crippen molar-refractivity contribution in [2.45, 2.75) is 71.6 Å². The Bertz CT molecular complexity index is 550. The van der Waals surface area contributed by atoms with E-state index in [2.05, 4.69) is 17.5 Å². The molecular weight excluding hydrogens is 336 g/mol. The Morgan fingerprint density at radius 1 is 1.00 bits per heavy atom. The highest BCUT2D eigenvalue weighted by molar-refractivity contribution is 5.83. The van der Waals surface area contributed by atoms with Crippen LogP contribution in [0.15, 0.2) is 23.3 Å². The van der Waals surface area contributed by atoms with Gasteiger partial charge in [0.2, 0.25) is 0 Å². The van der Waals surface area contributed by atoms with Crippen LogP contribution in [0.4, 0.5) is 17.1 Å². The van der Waals surface area contributed by atoms with Gasteiger partial charge in [0.15, 0.2) is 11.4 Å². The number of hydrazone groups is 1. The summed E-state index contributed by atoms with van der Waals surface area (Å²) in [5.74, 6) is 0. The normalized spacial score (nSPS) is 14.3. The lowest BCUT2D eigenvalue weighted by atomic mass is 10.1. The number of rotatable bonds is 13. The van der Waals surface area contributed by atoms with Crippen molar-refractivity contribution in [3.05, 3.63) is 28.6 Å². The van der Waals surface area contributed by atoms with Gasteiger partial charge in [-0.3, -0.25) is 5.43 Å². The zero-order valence-electron chi connectivity index (χ0n) is 15.8. The third kappa shape index (κ3) is 8.70. The van der Waals surface area contributed by atoms with Crippen LogP contribution in [0.5, 0.6) is 0 Å². The molecule has 0 aliphatic rings. The van der Waals surface area contributed by atoms with Gasteiger partial charge in [-0.2, -0.15) is 15.6 Å². The van der Waals surface area contributed by atoms with Crippen molar-refractivity contribution < 1.29 is 20.9 Å². The summed E-state index contributed by atoms with van der Waals surface area (Å²) in [4.78, 5) is 0. The highest BCUT2D eigenvalue weighted by atomic mass is 16.8. The molecule has 5 N–H and O–H groups in total. The maximum atomic E-state index is 11.3. The Morgan fingerprint density at radius 3 is 2.19 bits per heavy atom. The van der Waals surface area contributed by atoms with E-state index in [9.17, 15) is 15.6 Å². The van der Waals surface area contributed by atoms with Gasteiger partial charge in [0.05, 0.1) is 6.07 Å². The molecule has 0 saturated carbocycles. The van der Waals surface area contributed by atoms with Gasteiger partial charge in [0.25, 0.3) is 0 Å². The second-order valence-electron chi connectivity index (χ2n) is 6.55. The summed E-state index contributed by atoms with van der Waals surface area (Å²) in [6.07, 6.45) is 10.9. The molecule has 2 atom stereocenters. The molecule has 0 aliphatic heterocycles. The number of nitrogens with one attached hydrogen (secondary N) is 3. The van der Waals surface area contributed by atoms with E-state index in [1.54, 1.807) is 0 Å². The first kappa shape index (κ1) is 22.5. The van der Waals surface area contributed by atoms with Gasteiger partial charge in [-0.15, -0.1) is 0 Å². The summed E-state index contributed by atoms with van der Waals surface area (Å²) in [6, 6.07) is 3.93. The molecule has 1 aromatic rings. The number of nitrogens with zero attached hydrogens (tertiary/aromatic N) is 1. The van der Waals surface area contributed by atoms with Crippen LogP contribution < -0.4 is 15.9 Å². The lowest BCUT2D eigenvalue weighted by Gasteiger charge is -2.18. The number of unbranched alkanes of at least 4 members (excludes halogenated alkanes) is 7. The van der Waals surface area contributed by atoms with E-state index in [0.717, 1.165) is 24.6 Å². The van der Waals surface area contributed by atoms with E-state index in [4.69, 9.17) is 5.21 Å². The Morgan fingerprint density at radius 2 is 1.62 bits per heavy atom. The van der Waals surface area contributed by atoms with Gasteiger partial charge in [0.1, 0.15) is 5.69 Å². The van der Waals surface area contributed by atoms with Crippen molar-refractivity contribution >= 4 is 22.8 Å². The molecule has 8 nitrogen and oxygen atoms in total. The molecule has 0 fully saturated rings. The summed E-state index contributed by atoms with van der Waals surface area (Å²) in [6.45, 7) is 4.12. The Hall–Kier alpha value is -1.55. The summed E-state index contributed by atoms with van der Waals surface area (Å²) >= 11 is 0. The molecule has 1 aromatic carbocycles. The van der Waals surface area contributed by atoms with Gasteiger partial charge in [-0.05, 0) is 25.8 Å². The third-order valence-corrected chi connectivity index (χ3v) is 4.26. The quantitative estimate of drug-likeness (QED) is 0.208. The maximum Gasteiger partial charge on any atom is 0.195 e. The van der Waals surface area contributed by atoms with Crippen molar-refractivity contribution in [1.82, 2.24) is 0 Å². The molecule has 0 bridgehead atoms. The van der Waals surface area contributed by atoms with E-state index < -0.39 is 10.5 Å². The molecule has 0 heterocycles. The Labute approximate surface area is 155 Å². The minimum absolute atomic E-state index is 0.0624. The number of anilines is 1. The molecular formula is C18H32N4O4. The van der Waals surface area contributed by atoms with Gasteiger partial charge in [-0.25, -0.2) is 10.4 Å². The van der Waals surface area contributed by atoms with Gasteiger partial charge in [-0.1, -0.05) is 51.9 Å². The minimum Gasteiger partial charge on any atom is -0.595 e. The first-order valence-electron chi connectivity index (χ1n) is 9.35. The first-order chi connectivity index (χ1) is 12.5. The molecule has 0 amide bonds. The number of quaternary nitrogens is 2. The number of benzene rings is 1. The summed E-state index contributed by atoms with van der Waals surface area (Å²) in [5, 5.41) is 42.3. The minimum atomic E-state index is -1.19. The predicted octanol–water partition coefficient (Wildman–Crippen LogP) is 2.81.